The highest BCUT2D eigenvalue weighted by Crippen LogP contribution is 2.10. The number of ether oxygens (including phenoxy) is 2. The van der Waals surface area contributed by atoms with E-state index in [1.807, 2.05) is 6.92 Å². The van der Waals surface area contributed by atoms with Crippen LogP contribution in [0.15, 0.2) is 0 Å². The van der Waals surface area contributed by atoms with Gasteiger partial charge in [0.05, 0.1) is 12.2 Å². The normalized spacial score (nSPS) is 15.4. The van der Waals surface area contributed by atoms with Crippen LogP contribution >= 0.6 is 0 Å². The zero-order chi connectivity index (χ0) is 10.8. The molecule has 0 rings (SSSR count). The van der Waals surface area contributed by atoms with E-state index in [-0.39, 0.29) is 12.2 Å². The second-order valence-corrected chi connectivity index (χ2v) is 3.52. The Balaban J connectivity index is 3.56. The van der Waals surface area contributed by atoms with E-state index in [4.69, 9.17) is 9.47 Å². The Labute approximate surface area is 87.4 Å². The molecule has 0 aromatic carbocycles. The van der Waals surface area contributed by atoms with Crippen molar-refractivity contribution in [2.75, 3.05) is 20.3 Å². The number of hydrogen-bond donors (Lipinski definition) is 1. The third-order valence-electron chi connectivity index (χ3n) is 2.24. The van der Waals surface area contributed by atoms with Crippen molar-refractivity contribution in [3.05, 3.63) is 0 Å². The van der Waals surface area contributed by atoms with Gasteiger partial charge < -0.3 is 14.6 Å². The summed E-state index contributed by atoms with van der Waals surface area (Å²) in [6.07, 6.45) is 3.27. The molecule has 0 spiro atoms. The third-order valence-corrected chi connectivity index (χ3v) is 2.24. The van der Waals surface area contributed by atoms with Gasteiger partial charge in [-0.2, -0.15) is 0 Å². The molecule has 0 heterocycles. The first kappa shape index (κ1) is 13.9. The Kier molecular flexibility index (Phi) is 9.35. The van der Waals surface area contributed by atoms with Gasteiger partial charge in [-0.25, -0.2) is 0 Å². The van der Waals surface area contributed by atoms with Gasteiger partial charge in [0.1, 0.15) is 0 Å². The maximum Gasteiger partial charge on any atom is 0.0831 e. The van der Waals surface area contributed by atoms with Crippen LogP contribution in [0, 0.1) is 0 Å². The van der Waals surface area contributed by atoms with Gasteiger partial charge in [0.15, 0.2) is 0 Å². The number of aliphatic hydroxyl groups excluding tert-OH is 1. The molecule has 2 atom stereocenters. The van der Waals surface area contributed by atoms with Crippen LogP contribution in [0.3, 0.4) is 0 Å². The molecule has 3 heteroatoms. The van der Waals surface area contributed by atoms with E-state index >= 15 is 0 Å². The zero-order valence-corrected chi connectivity index (χ0v) is 9.66. The predicted molar refractivity (Wildman–Crippen MR) is 57.4 cm³/mol. The zero-order valence-electron chi connectivity index (χ0n) is 9.66. The molecule has 0 radical (unpaired) electrons. The Bertz CT molecular complexity index is 117. The first-order valence-corrected chi connectivity index (χ1v) is 5.54. The fraction of sp³-hybridized carbons (Fsp3) is 1.00. The predicted octanol–water partition coefficient (Wildman–Crippen LogP) is 1.98. The summed E-state index contributed by atoms with van der Waals surface area (Å²) in [4.78, 5) is 0. The SMILES string of the molecule is CCCC(O)C(CC)OCCCOC. The molecular weight excluding hydrogens is 180 g/mol. The van der Waals surface area contributed by atoms with E-state index in [9.17, 15) is 5.11 Å². The second kappa shape index (κ2) is 9.44. The van der Waals surface area contributed by atoms with E-state index in [0.29, 0.717) is 6.61 Å². The molecule has 0 aromatic heterocycles. The van der Waals surface area contributed by atoms with Gasteiger partial charge >= 0.3 is 0 Å². The fourth-order valence-corrected chi connectivity index (χ4v) is 1.42. The summed E-state index contributed by atoms with van der Waals surface area (Å²) in [5, 5.41) is 9.71. The summed E-state index contributed by atoms with van der Waals surface area (Å²) in [7, 11) is 1.68. The first-order chi connectivity index (χ1) is 6.76. The monoisotopic (exact) mass is 204 g/mol. The molecule has 0 amide bonds. The average molecular weight is 204 g/mol. The summed E-state index contributed by atoms with van der Waals surface area (Å²) in [5.41, 5.74) is 0. The highest BCUT2D eigenvalue weighted by Gasteiger charge is 2.16. The van der Waals surface area contributed by atoms with Crippen LogP contribution in [-0.4, -0.2) is 37.6 Å². The lowest BCUT2D eigenvalue weighted by Gasteiger charge is -2.21. The minimum absolute atomic E-state index is 0.00759. The Morgan fingerprint density at radius 3 is 2.43 bits per heavy atom. The van der Waals surface area contributed by atoms with Crippen molar-refractivity contribution in [3.8, 4) is 0 Å². The molecule has 0 saturated heterocycles. The molecule has 0 aromatic rings. The maximum atomic E-state index is 9.71. The molecule has 0 aliphatic rings. The summed E-state index contributed by atoms with van der Waals surface area (Å²) in [6.45, 7) is 5.51. The van der Waals surface area contributed by atoms with Crippen molar-refractivity contribution >= 4 is 0 Å². The minimum Gasteiger partial charge on any atom is -0.390 e. The quantitative estimate of drug-likeness (QED) is 0.584. The molecule has 2 unspecified atom stereocenters. The van der Waals surface area contributed by atoms with Crippen molar-refractivity contribution < 1.29 is 14.6 Å². The van der Waals surface area contributed by atoms with Crippen LogP contribution in [0.2, 0.25) is 0 Å². The molecule has 1 N–H and O–H groups in total. The molecule has 0 bridgehead atoms. The van der Waals surface area contributed by atoms with Crippen LogP contribution in [0.25, 0.3) is 0 Å². The van der Waals surface area contributed by atoms with Crippen LogP contribution in [0.1, 0.15) is 39.5 Å². The van der Waals surface area contributed by atoms with Gasteiger partial charge in [0.25, 0.3) is 0 Å². The average Bonchev–Trinajstić information content (AvgIpc) is 2.18. The second-order valence-electron chi connectivity index (χ2n) is 3.52. The number of methoxy groups -OCH3 is 1. The van der Waals surface area contributed by atoms with Crippen molar-refractivity contribution in [1.82, 2.24) is 0 Å². The van der Waals surface area contributed by atoms with Gasteiger partial charge in [-0.1, -0.05) is 20.3 Å². The lowest BCUT2D eigenvalue weighted by atomic mass is 10.1. The van der Waals surface area contributed by atoms with E-state index in [1.165, 1.54) is 0 Å². The van der Waals surface area contributed by atoms with Crippen molar-refractivity contribution in [1.29, 1.82) is 0 Å². The van der Waals surface area contributed by atoms with Gasteiger partial charge in [0, 0.05) is 20.3 Å². The van der Waals surface area contributed by atoms with Crippen molar-refractivity contribution in [3.63, 3.8) is 0 Å². The van der Waals surface area contributed by atoms with Crippen molar-refractivity contribution in [2.24, 2.45) is 0 Å². The highest BCUT2D eigenvalue weighted by molar-refractivity contribution is 4.66. The highest BCUT2D eigenvalue weighted by atomic mass is 16.5. The van der Waals surface area contributed by atoms with Gasteiger partial charge in [-0.3, -0.25) is 0 Å². The summed E-state index contributed by atoms with van der Waals surface area (Å²) < 4.78 is 10.5. The molecule has 0 aliphatic carbocycles. The maximum absolute atomic E-state index is 9.71. The van der Waals surface area contributed by atoms with Crippen LogP contribution < -0.4 is 0 Å². The number of hydrogen-bond acceptors (Lipinski definition) is 3. The van der Waals surface area contributed by atoms with Gasteiger partial charge in [-0.15, -0.1) is 0 Å². The van der Waals surface area contributed by atoms with Crippen molar-refractivity contribution in [2.45, 2.75) is 51.7 Å². The lowest BCUT2D eigenvalue weighted by Crippen LogP contribution is -2.28. The minimum atomic E-state index is -0.312. The summed E-state index contributed by atoms with van der Waals surface area (Å²) in [5.74, 6) is 0. The Hall–Kier alpha value is -0.120. The molecule has 0 fully saturated rings. The Morgan fingerprint density at radius 1 is 1.21 bits per heavy atom. The van der Waals surface area contributed by atoms with E-state index < -0.39 is 0 Å². The topological polar surface area (TPSA) is 38.7 Å². The lowest BCUT2D eigenvalue weighted by molar-refractivity contribution is -0.0463. The van der Waals surface area contributed by atoms with Gasteiger partial charge in [0.2, 0.25) is 0 Å². The largest absolute Gasteiger partial charge is 0.390 e. The van der Waals surface area contributed by atoms with E-state index in [1.54, 1.807) is 7.11 Å². The molecule has 0 saturated carbocycles. The third kappa shape index (κ3) is 6.35. The standard InChI is InChI=1S/C11H24O3/c1-4-7-10(12)11(5-2)14-9-6-8-13-3/h10-12H,4-9H2,1-3H3. The van der Waals surface area contributed by atoms with E-state index in [2.05, 4.69) is 6.92 Å². The van der Waals surface area contributed by atoms with Crippen LogP contribution in [-0.2, 0) is 9.47 Å². The smallest absolute Gasteiger partial charge is 0.0831 e. The first-order valence-electron chi connectivity index (χ1n) is 5.54. The van der Waals surface area contributed by atoms with Gasteiger partial charge in [-0.05, 0) is 19.3 Å². The molecule has 3 nitrogen and oxygen atoms in total. The summed E-state index contributed by atoms with van der Waals surface area (Å²) >= 11 is 0. The van der Waals surface area contributed by atoms with E-state index in [0.717, 1.165) is 32.3 Å². The van der Waals surface area contributed by atoms with Crippen LogP contribution in [0.5, 0.6) is 0 Å². The fourth-order valence-electron chi connectivity index (χ4n) is 1.42. The number of rotatable bonds is 9. The number of aliphatic hydroxyl groups is 1. The Morgan fingerprint density at radius 2 is 1.93 bits per heavy atom. The van der Waals surface area contributed by atoms with Crippen LogP contribution in [0.4, 0.5) is 0 Å². The summed E-state index contributed by atoms with van der Waals surface area (Å²) in [6, 6.07) is 0. The molecule has 86 valence electrons. The molecule has 14 heavy (non-hydrogen) atoms. The molecule has 0 aliphatic heterocycles. The molecular formula is C11H24O3.